The molecule has 2 aromatic carbocycles. The van der Waals surface area contributed by atoms with Crippen LogP contribution in [-0.4, -0.2) is 0 Å². The molecule has 0 aromatic heterocycles. The van der Waals surface area contributed by atoms with E-state index in [1.165, 1.54) is 20.3 Å². The lowest BCUT2D eigenvalue weighted by atomic mass is 9.93. The molecule has 0 nitrogen and oxygen atoms in total. The van der Waals surface area contributed by atoms with Crippen molar-refractivity contribution in [1.29, 1.82) is 0 Å². The fraction of sp³-hybridized carbons (Fsp3) is 0.200. The number of halogens is 1. The van der Waals surface area contributed by atoms with Crippen molar-refractivity contribution in [3.05, 3.63) is 57.7 Å². The van der Waals surface area contributed by atoms with E-state index in [1.807, 2.05) is 0 Å². The summed E-state index contributed by atoms with van der Waals surface area (Å²) >= 11 is 2.37. The first-order valence-corrected chi connectivity index (χ1v) is 6.61. The van der Waals surface area contributed by atoms with E-state index in [2.05, 4.69) is 85.0 Å². The molecule has 0 heterocycles. The third-order valence-electron chi connectivity index (χ3n) is 2.72. The second-order valence-corrected chi connectivity index (χ2v) is 5.50. The van der Waals surface area contributed by atoms with Crippen LogP contribution in [0.3, 0.4) is 0 Å². The van der Waals surface area contributed by atoms with Gasteiger partial charge in [-0.25, -0.2) is 0 Å². The van der Waals surface area contributed by atoms with Gasteiger partial charge >= 0.3 is 0 Å². The van der Waals surface area contributed by atoms with E-state index < -0.39 is 0 Å². The SMILES string of the molecule is CC(C)c1ccc(I)cc1-c1ccccc1. The number of hydrogen-bond acceptors (Lipinski definition) is 0. The van der Waals surface area contributed by atoms with Gasteiger partial charge in [-0.3, -0.25) is 0 Å². The highest BCUT2D eigenvalue weighted by atomic mass is 127. The van der Waals surface area contributed by atoms with Crippen LogP contribution in [0, 0.1) is 3.57 Å². The molecular weight excluding hydrogens is 307 g/mol. The molecule has 0 fully saturated rings. The molecule has 0 aliphatic rings. The predicted octanol–water partition coefficient (Wildman–Crippen LogP) is 5.08. The van der Waals surface area contributed by atoms with Crippen LogP contribution in [0.1, 0.15) is 25.3 Å². The van der Waals surface area contributed by atoms with Crippen molar-refractivity contribution in [2.24, 2.45) is 0 Å². The Morgan fingerprint density at radius 3 is 2.25 bits per heavy atom. The van der Waals surface area contributed by atoms with Crippen molar-refractivity contribution in [3.8, 4) is 11.1 Å². The van der Waals surface area contributed by atoms with Crippen molar-refractivity contribution in [2.75, 3.05) is 0 Å². The van der Waals surface area contributed by atoms with Crippen molar-refractivity contribution < 1.29 is 0 Å². The van der Waals surface area contributed by atoms with E-state index in [-0.39, 0.29) is 0 Å². The zero-order valence-corrected chi connectivity index (χ0v) is 11.7. The maximum absolute atomic E-state index is 2.37. The Bertz CT molecular complexity index is 472. The van der Waals surface area contributed by atoms with Crippen LogP contribution in [0.4, 0.5) is 0 Å². The molecule has 0 saturated carbocycles. The zero-order chi connectivity index (χ0) is 11.5. The van der Waals surface area contributed by atoms with Crippen molar-refractivity contribution in [3.63, 3.8) is 0 Å². The zero-order valence-electron chi connectivity index (χ0n) is 9.57. The molecule has 0 atom stereocenters. The molecule has 0 aliphatic heterocycles. The van der Waals surface area contributed by atoms with Crippen LogP contribution < -0.4 is 0 Å². The Hall–Kier alpha value is -0.830. The molecule has 0 N–H and O–H groups in total. The molecule has 1 heteroatoms. The summed E-state index contributed by atoms with van der Waals surface area (Å²) in [6.45, 7) is 4.49. The summed E-state index contributed by atoms with van der Waals surface area (Å²) in [6.07, 6.45) is 0. The molecule has 0 saturated heterocycles. The van der Waals surface area contributed by atoms with Gasteiger partial charge in [0.05, 0.1) is 0 Å². The molecule has 0 unspecified atom stereocenters. The molecule has 16 heavy (non-hydrogen) atoms. The molecule has 0 spiro atoms. The molecule has 0 aliphatic carbocycles. The van der Waals surface area contributed by atoms with Gasteiger partial charge < -0.3 is 0 Å². The first-order valence-electron chi connectivity index (χ1n) is 5.53. The van der Waals surface area contributed by atoms with E-state index >= 15 is 0 Å². The fourth-order valence-corrected chi connectivity index (χ4v) is 2.39. The lowest BCUT2D eigenvalue weighted by Gasteiger charge is -2.13. The summed E-state index contributed by atoms with van der Waals surface area (Å²) in [6, 6.07) is 17.3. The maximum atomic E-state index is 2.37. The van der Waals surface area contributed by atoms with E-state index in [9.17, 15) is 0 Å². The monoisotopic (exact) mass is 322 g/mol. The summed E-state index contributed by atoms with van der Waals surface area (Å²) in [5, 5.41) is 0. The first kappa shape index (κ1) is 11.6. The molecule has 0 radical (unpaired) electrons. The second-order valence-electron chi connectivity index (χ2n) is 4.25. The summed E-state index contributed by atoms with van der Waals surface area (Å²) in [4.78, 5) is 0. The summed E-state index contributed by atoms with van der Waals surface area (Å²) < 4.78 is 1.29. The van der Waals surface area contributed by atoms with Gasteiger partial charge in [-0.2, -0.15) is 0 Å². The van der Waals surface area contributed by atoms with E-state index in [0.717, 1.165) is 0 Å². The molecule has 0 bridgehead atoms. The Morgan fingerprint density at radius 1 is 0.938 bits per heavy atom. The quantitative estimate of drug-likeness (QED) is 0.676. The van der Waals surface area contributed by atoms with Gasteiger partial charge in [0.2, 0.25) is 0 Å². The lowest BCUT2D eigenvalue weighted by Crippen LogP contribution is -1.92. The molecule has 0 amide bonds. The number of rotatable bonds is 2. The van der Waals surface area contributed by atoms with Crippen LogP contribution in [0.5, 0.6) is 0 Å². The van der Waals surface area contributed by atoms with Crippen LogP contribution in [0.15, 0.2) is 48.5 Å². The fourth-order valence-electron chi connectivity index (χ4n) is 1.90. The Labute approximate surface area is 111 Å². The highest BCUT2D eigenvalue weighted by Gasteiger charge is 2.08. The molecule has 2 aromatic rings. The second kappa shape index (κ2) is 5.00. The van der Waals surface area contributed by atoms with Gasteiger partial charge in [-0.05, 0) is 57.3 Å². The predicted molar refractivity (Wildman–Crippen MR) is 78.7 cm³/mol. The smallest absolute Gasteiger partial charge is 0.0136 e. The van der Waals surface area contributed by atoms with Crippen molar-refractivity contribution in [1.82, 2.24) is 0 Å². The minimum Gasteiger partial charge on any atom is -0.0622 e. The van der Waals surface area contributed by atoms with E-state index in [0.29, 0.717) is 5.92 Å². The van der Waals surface area contributed by atoms with Crippen molar-refractivity contribution in [2.45, 2.75) is 19.8 Å². The molecule has 2 rings (SSSR count). The number of hydrogen-bond donors (Lipinski definition) is 0. The summed E-state index contributed by atoms with van der Waals surface area (Å²) in [5.74, 6) is 0.562. The number of benzene rings is 2. The summed E-state index contributed by atoms with van der Waals surface area (Å²) in [5.41, 5.74) is 4.10. The van der Waals surface area contributed by atoms with Crippen LogP contribution in [0.2, 0.25) is 0 Å². The standard InChI is InChI=1S/C15H15I/c1-11(2)14-9-8-13(16)10-15(14)12-6-4-3-5-7-12/h3-11H,1-2H3. The average Bonchev–Trinajstić information content (AvgIpc) is 2.29. The third-order valence-corrected chi connectivity index (χ3v) is 3.39. The molecule has 82 valence electrons. The Morgan fingerprint density at radius 2 is 1.62 bits per heavy atom. The third kappa shape index (κ3) is 2.46. The van der Waals surface area contributed by atoms with Gasteiger partial charge in [0.25, 0.3) is 0 Å². The van der Waals surface area contributed by atoms with Crippen molar-refractivity contribution >= 4 is 22.6 Å². The minimum atomic E-state index is 0.562. The lowest BCUT2D eigenvalue weighted by molar-refractivity contribution is 0.868. The minimum absolute atomic E-state index is 0.562. The van der Waals surface area contributed by atoms with Gasteiger partial charge in [-0.1, -0.05) is 50.2 Å². The van der Waals surface area contributed by atoms with Crippen LogP contribution in [-0.2, 0) is 0 Å². The highest BCUT2D eigenvalue weighted by molar-refractivity contribution is 14.1. The van der Waals surface area contributed by atoms with E-state index in [4.69, 9.17) is 0 Å². The van der Waals surface area contributed by atoms with Crippen LogP contribution >= 0.6 is 22.6 Å². The Balaban J connectivity index is 2.58. The van der Waals surface area contributed by atoms with Gasteiger partial charge in [-0.15, -0.1) is 0 Å². The Kier molecular flexibility index (Phi) is 3.64. The largest absolute Gasteiger partial charge is 0.0622 e. The molecular formula is C15H15I. The maximum Gasteiger partial charge on any atom is 0.0136 e. The van der Waals surface area contributed by atoms with Gasteiger partial charge in [0.1, 0.15) is 0 Å². The average molecular weight is 322 g/mol. The van der Waals surface area contributed by atoms with Gasteiger partial charge in [0, 0.05) is 3.57 Å². The van der Waals surface area contributed by atoms with Gasteiger partial charge in [0.15, 0.2) is 0 Å². The van der Waals surface area contributed by atoms with Crippen LogP contribution in [0.25, 0.3) is 11.1 Å². The summed E-state index contributed by atoms with van der Waals surface area (Å²) in [7, 11) is 0. The normalized spacial score (nSPS) is 10.8. The highest BCUT2D eigenvalue weighted by Crippen LogP contribution is 2.30. The van der Waals surface area contributed by atoms with E-state index in [1.54, 1.807) is 0 Å². The topological polar surface area (TPSA) is 0 Å². The first-order chi connectivity index (χ1) is 7.68.